The minimum Gasteiger partial charge on any atom is -0.479 e. The van der Waals surface area contributed by atoms with Crippen molar-refractivity contribution in [2.75, 3.05) is 20.3 Å². The summed E-state index contributed by atoms with van der Waals surface area (Å²) in [6.07, 6.45) is 1.51. The van der Waals surface area contributed by atoms with E-state index in [0.717, 1.165) is 0 Å². The molecule has 0 saturated carbocycles. The Balaban J connectivity index is 3.40. The Hall–Kier alpha value is -1.10. The normalized spacial score (nSPS) is 13.2. The molecule has 0 aromatic carbocycles. The van der Waals surface area contributed by atoms with E-state index in [1.807, 2.05) is 6.92 Å². The zero-order valence-electron chi connectivity index (χ0n) is 7.19. The third-order valence-electron chi connectivity index (χ3n) is 1.01. The van der Waals surface area contributed by atoms with Gasteiger partial charge in [-0.2, -0.15) is 0 Å². The predicted octanol–water partition coefficient (Wildman–Crippen LogP) is 0.356. The van der Waals surface area contributed by atoms with E-state index in [0.29, 0.717) is 6.61 Å². The molecule has 0 bridgehead atoms. The fourth-order valence-corrected chi connectivity index (χ4v) is 0.545. The van der Waals surface area contributed by atoms with Gasteiger partial charge in [-0.25, -0.2) is 4.79 Å². The van der Waals surface area contributed by atoms with Gasteiger partial charge in [-0.3, -0.25) is 0 Å². The van der Waals surface area contributed by atoms with Gasteiger partial charge < -0.3 is 14.7 Å². The van der Waals surface area contributed by atoms with Gasteiger partial charge in [-0.1, -0.05) is 12.1 Å². The SMILES string of the molecule is COCC(C)C=NOCC(=O)O. The van der Waals surface area contributed by atoms with Crippen LogP contribution in [0, 0.1) is 5.92 Å². The molecule has 1 N–H and O–H groups in total. The number of hydrogen-bond acceptors (Lipinski definition) is 4. The molecule has 0 aliphatic heterocycles. The van der Waals surface area contributed by atoms with Gasteiger partial charge in [0.15, 0.2) is 0 Å². The van der Waals surface area contributed by atoms with Crippen LogP contribution in [0.1, 0.15) is 6.92 Å². The largest absolute Gasteiger partial charge is 0.479 e. The fraction of sp³-hybridized carbons (Fsp3) is 0.714. The summed E-state index contributed by atoms with van der Waals surface area (Å²) in [5.41, 5.74) is 0. The second-order valence-corrected chi connectivity index (χ2v) is 2.35. The molecule has 0 heterocycles. The van der Waals surface area contributed by atoms with Crippen molar-refractivity contribution in [1.29, 1.82) is 0 Å². The molecule has 1 unspecified atom stereocenters. The topological polar surface area (TPSA) is 68.1 Å². The first-order chi connectivity index (χ1) is 5.66. The molecule has 0 aromatic heterocycles. The van der Waals surface area contributed by atoms with E-state index in [9.17, 15) is 4.79 Å². The Morgan fingerprint density at radius 3 is 2.92 bits per heavy atom. The monoisotopic (exact) mass is 175 g/mol. The number of aliphatic carboxylic acids is 1. The van der Waals surface area contributed by atoms with Crippen LogP contribution in [0.4, 0.5) is 0 Å². The third kappa shape index (κ3) is 7.01. The number of oxime groups is 1. The van der Waals surface area contributed by atoms with Crippen molar-refractivity contribution in [3.8, 4) is 0 Å². The zero-order valence-corrected chi connectivity index (χ0v) is 7.19. The van der Waals surface area contributed by atoms with Gasteiger partial charge >= 0.3 is 5.97 Å². The average Bonchev–Trinajstić information content (AvgIpc) is 1.98. The molecule has 0 aliphatic rings. The number of nitrogens with zero attached hydrogens (tertiary/aromatic N) is 1. The summed E-state index contributed by atoms with van der Waals surface area (Å²) >= 11 is 0. The highest BCUT2D eigenvalue weighted by molar-refractivity contribution is 5.68. The zero-order chi connectivity index (χ0) is 9.40. The van der Waals surface area contributed by atoms with Crippen molar-refractivity contribution in [2.24, 2.45) is 11.1 Å². The number of hydrogen-bond donors (Lipinski definition) is 1. The van der Waals surface area contributed by atoms with Crippen LogP contribution in [0.5, 0.6) is 0 Å². The van der Waals surface area contributed by atoms with E-state index < -0.39 is 12.6 Å². The maximum Gasteiger partial charge on any atom is 0.344 e. The first-order valence-corrected chi connectivity index (χ1v) is 3.53. The van der Waals surface area contributed by atoms with Crippen LogP contribution in [0.3, 0.4) is 0 Å². The fourth-order valence-electron chi connectivity index (χ4n) is 0.545. The summed E-state index contributed by atoms with van der Waals surface area (Å²) < 4.78 is 4.82. The summed E-state index contributed by atoms with van der Waals surface area (Å²) in [6, 6.07) is 0. The highest BCUT2D eigenvalue weighted by atomic mass is 16.6. The highest BCUT2D eigenvalue weighted by Crippen LogP contribution is 1.90. The molecule has 0 saturated heterocycles. The van der Waals surface area contributed by atoms with Gasteiger partial charge in [0.1, 0.15) is 0 Å². The molecular formula is C7H13NO4. The van der Waals surface area contributed by atoms with Crippen molar-refractivity contribution >= 4 is 12.2 Å². The van der Waals surface area contributed by atoms with Gasteiger partial charge in [0.25, 0.3) is 0 Å². The van der Waals surface area contributed by atoms with Gasteiger partial charge in [0.2, 0.25) is 6.61 Å². The molecule has 0 aromatic rings. The molecule has 0 radical (unpaired) electrons. The molecule has 0 aliphatic carbocycles. The summed E-state index contributed by atoms with van der Waals surface area (Å²) in [5.74, 6) is -0.907. The smallest absolute Gasteiger partial charge is 0.344 e. The van der Waals surface area contributed by atoms with Crippen molar-refractivity contribution in [3.63, 3.8) is 0 Å². The Labute approximate surface area is 71.0 Å². The van der Waals surface area contributed by atoms with Crippen LogP contribution in [0.2, 0.25) is 0 Å². The lowest BCUT2D eigenvalue weighted by Crippen LogP contribution is -2.07. The maximum absolute atomic E-state index is 9.95. The van der Waals surface area contributed by atoms with Crippen LogP contribution in [-0.4, -0.2) is 37.6 Å². The summed E-state index contributed by atoms with van der Waals surface area (Å²) in [5, 5.41) is 11.6. The van der Waals surface area contributed by atoms with Gasteiger partial charge in [-0.15, -0.1) is 0 Å². The minimum atomic E-state index is -1.04. The third-order valence-corrected chi connectivity index (χ3v) is 1.01. The molecule has 0 spiro atoms. The molecule has 0 fully saturated rings. The van der Waals surface area contributed by atoms with Crippen molar-refractivity contribution in [1.82, 2.24) is 0 Å². The molecule has 70 valence electrons. The lowest BCUT2D eigenvalue weighted by Gasteiger charge is -2.01. The van der Waals surface area contributed by atoms with E-state index in [1.54, 1.807) is 7.11 Å². The second-order valence-electron chi connectivity index (χ2n) is 2.35. The van der Waals surface area contributed by atoms with Crippen molar-refractivity contribution < 1.29 is 19.5 Å². The molecule has 1 atom stereocenters. The minimum absolute atomic E-state index is 0.129. The lowest BCUT2D eigenvalue weighted by atomic mass is 10.2. The van der Waals surface area contributed by atoms with Crippen molar-refractivity contribution in [2.45, 2.75) is 6.92 Å². The first-order valence-electron chi connectivity index (χ1n) is 3.53. The summed E-state index contributed by atoms with van der Waals surface area (Å²) in [4.78, 5) is 14.4. The maximum atomic E-state index is 9.95. The number of carboxylic acids is 1. The van der Waals surface area contributed by atoms with Crippen LogP contribution in [0.25, 0.3) is 0 Å². The second kappa shape index (κ2) is 6.60. The number of ether oxygens (including phenoxy) is 1. The first kappa shape index (κ1) is 10.9. The number of rotatable bonds is 6. The van der Waals surface area contributed by atoms with Gasteiger partial charge in [0, 0.05) is 19.2 Å². The molecule has 0 rings (SSSR count). The van der Waals surface area contributed by atoms with Gasteiger partial charge in [-0.05, 0) is 0 Å². The summed E-state index contributed by atoms with van der Waals surface area (Å²) in [6.45, 7) is 2.02. The molecular weight excluding hydrogens is 162 g/mol. The van der Waals surface area contributed by atoms with E-state index in [2.05, 4.69) is 9.99 Å². The average molecular weight is 175 g/mol. The molecule has 12 heavy (non-hydrogen) atoms. The standard InChI is InChI=1S/C7H13NO4/c1-6(4-11-2)3-8-12-5-7(9)10/h3,6H,4-5H2,1-2H3,(H,9,10). The number of carboxylic acid groups (broad SMARTS) is 1. The van der Waals surface area contributed by atoms with E-state index in [1.165, 1.54) is 6.21 Å². The molecule has 5 heteroatoms. The number of methoxy groups -OCH3 is 1. The van der Waals surface area contributed by atoms with Crippen LogP contribution in [-0.2, 0) is 14.4 Å². The Kier molecular flexibility index (Phi) is 6.00. The van der Waals surface area contributed by atoms with E-state index in [4.69, 9.17) is 9.84 Å². The predicted molar refractivity (Wildman–Crippen MR) is 43.1 cm³/mol. The van der Waals surface area contributed by atoms with Crippen LogP contribution < -0.4 is 0 Å². The summed E-state index contributed by atoms with van der Waals surface area (Å²) in [7, 11) is 1.59. The van der Waals surface area contributed by atoms with Crippen molar-refractivity contribution in [3.05, 3.63) is 0 Å². The Morgan fingerprint density at radius 1 is 1.75 bits per heavy atom. The number of carbonyl (C=O) groups is 1. The molecule has 0 amide bonds. The van der Waals surface area contributed by atoms with Gasteiger partial charge in [0.05, 0.1) is 6.61 Å². The van der Waals surface area contributed by atoms with Crippen LogP contribution in [0.15, 0.2) is 5.16 Å². The molecule has 5 nitrogen and oxygen atoms in total. The van der Waals surface area contributed by atoms with E-state index >= 15 is 0 Å². The highest BCUT2D eigenvalue weighted by Gasteiger charge is 1.97. The lowest BCUT2D eigenvalue weighted by molar-refractivity contribution is -0.142. The van der Waals surface area contributed by atoms with Crippen LogP contribution >= 0.6 is 0 Å². The Bertz CT molecular complexity index is 157. The quantitative estimate of drug-likeness (QED) is 0.467. The Morgan fingerprint density at radius 2 is 2.42 bits per heavy atom. The van der Waals surface area contributed by atoms with E-state index in [-0.39, 0.29) is 5.92 Å².